The number of halogens is 2. The van der Waals surface area contributed by atoms with Crippen LogP contribution < -0.4 is 5.56 Å². The zero-order valence-electron chi connectivity index (χ0n) is 16.5. The summed E-state index contributed by atoms with van der Waals surface area (Å²) in [5.74, 6) is 1.10. The lowest BCUT2D eigenvalue weighted by Crippen LogP contribution is -2.32. The Balaban J connectivity index is 1.84. The highest BCUT2D eigenvalue weighted by molar-refractivity contribution is 6.37. The first-order chi connectivity index (χ1) is 14.4. The molecule has 30 heavy (non-hydrogen) atoms. The molecule has 1 N–H and O–H groups in total. The van der Waals surface area contributed by atoms with Crippen LogP contribution in [0.4, 0.5) is 0 Å². The first-order valence-electron chi connectivity index (χ1n) is 9.34. The van der Waals surface area contributed by atoms with E-state index in [4.69, 9.17) is 28.2 Å². The van der Waals surface area contributed by atoms with E-state index in [0.29, 0.717) is 51.4 Å². The number of H-pyrrole nitrogens is 1. The second-order valence-electron chi connectivity index (χ2n) is 7.15. The number of hydrogen-bond donors (Lipinski definition) is 1. The smallest absolute Gasteiger partial charge is 0.262 e. The fraction of sp³-hybridized carbons (Fsp3) is 0.182. The molecule has 0 spiro atoms. The Labute approximate surface area is 183 Å². The lowest BCUT2D eigenvalue weighted by atomic mass is 10.00. The molecule has 6 nitrogen and oxygen atoms in total. The molecule has 0 bridgehead atoms. The lowest BCUT2D eigenvalue weighted by Gasteiger charge is -2.16. The van der Waals surface area contributed by atoms with E-state index in [1.807, 2.05) is 26.2 Å². The van der Waals surface area contributed by atoms with E-state index >= 15 is 0 Å². The van der Waals surface area contributed by atoms with E-state index in [-0.39, 0.29) is 5.56 Å². The monoisotopic (exact) mass is 439 g/mol. The van der Waals surface area contributed by atoms with Crippen LogP contribution in [0.1, 0.15) is 28.2 Å². The molecule has 0 atom stereocenters. The van der Waals surface area contributed by atoms with Gasteiger partial charge in [-0.2, -0.15) is 0 Å². The molecule has 4 rings (SSSR count). The average molecular weight is 440 g/mol. The van der Waals surface area contributed by atoms with Gasteiger partial charge in [0.1, 0.15) is 17.2 Å². The van der Waals surface area contributed by atoms with Crippen molar-refractivity contribution >= 4 is 34.6 Å². The Morgan fingerprint density at radius 1 is 1.10 bits per heavy atom. The van der Waals surface area contributed by atoms with Gasteiger partial charge in [0.05, 0.1) is 5.69 Å². The van der Waals surface area contributed by atoms with Crippen LogP contribution in [-0.2, 0) is 12.8 Å². The molecule has 1 aromatic carbocycles. The summed E-state index contributed by atoms with van der Waals surface area (Å²) in [5, 5.41) is 1.05. The Kier molecular flexibility index (Phi) is 5.70. The molecule has 0 fully saturated rings. The van der Waals surface area contributed by atoms with E-state index in [0.717, 1.165) is 11.1 Å². The maximum absolute atomic E-state index is 13.0. The quantitative estimate of drug-likeness (QED) is 0.669. The number of benzene rings is 1. The minimum Gasteiger partial charge on any atom is -0.362 e. The van der Waals surface area contributed by atoms with Gasteiger partial charge < -0.3 is 9.88 Å². The third-order valence-corrected chi connectivity index (χ3v) is 5.40. The van der Waals surface area contributed by atoms with Crippen molar-refractivity contribution in [1.82, 2.24) is 19.9 Å². The molecule has 2 aromatic heterocycles. The number of aromatic nitrogens is 3. The van der Waals surface area contributed by atoms with Gasteiger partial charge in [0.25, 0.3) is 5.56 Å². The van der Waals surface area contributed by atoms with Gasteiger partial charge in [0, 0.05) is 61.1 Å². The van der Waals surface area contributed by atoms with Crippen LogP contribution in [0.25, 0.3) is 5.57 Å². The number of nitrogens with zero attached hydrogens (tertiary/aromatic N) is 4. The van der Waals surface area contributed by atoms with Gasteiger partial charge in [-0.25, -0.2) is 9.98 Å². The molecule has 152 valence electrons. The normalized spacial score (nSPS) is 13.2. The second kappa shape index (κ2) is 8.42. The van der Waals surface area contributed by atoms with Gasteiger partial charge in [-0.15, -0.1) is 0 Å². The Morgan fingerprint density at radius 2 is 1.87 bits per heavy atom. The van der Waals surface area contributed by atoms with Gasteiger partial charge in [-0.05, 0) is 29.3 Å². The number of hydrogen-bond acceptors (Lipinski definition) is 5. The van der Waals surface area contributed by atoms with Gasteiger partial charge in [-0.3, -0.25) is 9.78 Å². The summed E-state index contributed by atoms with van der Waals surface area (Å²) in [6, 6.07) is 9.16. The molecule has 8 heteroatoms. The maximum Gasteiger partial charge on any atom is 0.262 e. The van der Waals surface area contributed by atoms with Crippen LogP contribution in [0.15, 0.2) is 58.7 Å². The molecule has 1 aliphatic rings. The molecule has 3 heterocycles. The standard InChI is InChI=1S/C22H19Cl2N5O/c1-29(2)21-20-17(10-14(12-26-21)19-15(23)6-3-7-16(19)24)27-18(28-22(20)30)9-13-5-4-8-25-11-13/h3-8,11-12H,9-10H2,1-2H3,(H,27,28,30). The summed E-state index contributed by atoms with van der Waals surface area (Å²) in [7, 11) is 3.68. The molecule has 0 radical (unpaired) electrons. The van der Waals surface area contributed by atoms with E-state index in [1.54, 1.807) is 41.7 Å². The molecular weight excluding hydrogens is 421 g/mol. The number of pyridine rings is 1. The average Bonchev–Trinajstić information content (AvgIpc) is 2.89. The molecule has 1 aliphatic heterocycles. The van der Waals surface area contributed by atoms with Crippen molar-refractivity contribution in [3.63, 3.8) is 0 Å². The Bertz CT molecular complexity index is 1200. The summed E-state index contributed by atoms with van der Waals surface area (Å²) in [5.41, 5.74) is 3.31. The summed E-state index contributed by atoms with van der Waals surface area (Å²) in [4.78, 5) is 31.2. The highest BCUT2D eigenvalue weighted by atomic mass is 35.5. The van der Waals surface area contributed by atoms with Gasteiger partial charge in [0.2, 0.25) is 0 Å². The van der Waals surface area contributed by atoms with E-state index in [9.17, 15) is 4.79 Å². The zero-order valence-corrected chi connectivity index (χ0v) is 18.0. The van der Waals surface area contributed by atoms with Crippen molar-refractivity contribution in [1.29, 1.82) is 0 Å². The SMILES string of the molecule is CN(C)C1=NC=C(c2c(Cl)cccc2Cl)Cc2nc(Cc3cccnc3)[nH]c(=O)c21. The molecule has 0 amide bonds. The van der Waals surface area contributed by atoms with E-state index in [2.05, 4.69) is 15.0 Å². The minimum absolute atomic E-state index is 0.230. The fourth-order valence-corrected chi connectivity index (χ4v) is 4.08. The predicted octanol–water partition coefficient (Wildman–Crippen LogP) is 3.97. The van der Waals surface area contributed by atoms with Crippen LogP contribution in [0.2, 0.25) is 10.0 Å². The summed E-state index contributed by atoms with van der Waals surface area (Å²) in [6.45, 7) is 0. The van der Waals surface area contributed by atoms with Crippen molar-refractivity contribution in [2.24, 2.45) is 4.99 Å². The van der Waals surface area contributed by atoms with E-state index in [1.165, 1.54) is 0 Å². The number of allylic oxidation sites excluding steroid dienone is 1. The topological polar surface area (TPSA) is 74.2 Å². The number of fused-ring (bicyclic) bond motifs is 1. The molecular formula is C22H19Cl2N5O. The van der Waals surface area contributed by atoms with Crippen LogP contribution >= 0.6 is 23.2 Å². The fourth-order valence-electron chi connectivity index (χ4n) is 3.44. The van der Waals surface area contributed by atoms with Crippen LogP contribution in [0.5, 0.6) is 0 Å². The molecule has 0 unspecified atom stereocenters. The van der Waals surface area contributed by atoms with Crippen LogP contribution in [0.3, 0.4) is 0 Å². The van der Waals surface area contributed by atoms with Crippen molar-refractivity contribution in [3.8, 4) is 0 Å². The summed E-state index contributed by atoms with van der Waals surface area (Å²) < 4.78 is 0. The minimum atomic E-state index is -0.230. The third kappa shape index (κ3) is 4.01. The van der Waals surface area contributed by atoms with Crippen molar-refractivity contribution in [2.45, 2.75) is 12.8 Å². The Morgan fingerprint density at radius 3 is 2.53 bits per heavy atom. The van der Waals surface area contributed by atoms with Gasteiger partial charge in [0.15, 0.2) is 0 Å². The maximum atomic E-state index is 13.0. The van der Waals surface area contributed by atoms with Crippen molar-refractivity contribution < 1.29 is 0 Å². The predicted molar refractivity (Wildman–Crippen MR) is 120 cm³/mol. The molecule has 0 saturated heterocycles. The highest BCUT2D eigenvalue weighted by Crippen LogP contribution is 2.34. The third-order valence-electron chi connectivity index (χ3n) is 4.77. The number of nitrogens with one attached hydrogen (secondary N) is 1. The van der Waals surface area contributed by atoms with Gasteiger partial charge in [-0.1, -0.05) is 35.3 Å². The lowest BCUT2D eigenvalue weighted by molar-refractivity contribution is 0.621. The van der Waals surface area contributed by atoms with Crippen molar-refractivity contribution in [3.05, 3.63) is 97.5 Å². The highest BCUT2D eigenvalue weighted by Gasteiger charge is 2.24. The number of amidine groups is 1. The Hall–Kier alpha value is -2.96. The number of rotatable bonds is 3. The number of aliphatic imine (C=N–C) groups is 1. The molecule has 0 aliphatic carbocycles. The molecule has 0 saturated carbocycles. The zero-order chi connectivity index (χ0) is 21.3. The summed E-state index contributed by atoms with van der Waals surface area (Å²) >= 11 is 12.9. The van der Waals surface area contributed by atoms with E-state index < -0.39 is 0 Å². The first kappa shape index (κ1) is 20.3. The van der Waals surface area contributed by atoms with Crippen LogP contribution in [-0.4, -0.2) is 39.8 Å². The second-order valence-corrected chi connectivity index (χ2v) is 7.96. The molecule has 3 aromatic rings. The summed E-state index contributed by atoms with van der Waals surface area (Å²) in [6.07, 6.45) is 6.03. The number of aromatic amines is 1. The van der Waals surface area contributed by atoms with Crippen LogP contribution in [0, 0.1) is 0 Å². The van der Waals surface area contributed by atoms with Gasteiger partial charge >= 0.3 is 0 Å². The van der Waals surface area contributed by atoms with Crippen molar-refractivity contribution in [2.75, 3.05) is 14.1 Å². The first-order valence-corrected chi connectivity index (χ1v) is 10.1. The largest absolute Gasteiger partial charge is 0.362 e.